The zero-order chi connectivity index (χ0) is 20.6. The number of amides is 1. The minimum Gasteiger partial charge on any atom is -0.478 e. The van der Waals surface area contributed by atoms with E-state index in [0.29, 0.717) is 17.8 Å². The topological polar surface area (TPSA) is 88.5 Å². The highest BCUT2D eigenvalue weighted by atomic mass is 16.6. The number of pyridine rings is 1. The molecule has 0 fully saturated rings. The monoisotopic (exact) mass is 382 g/mol. The largest absolute Gasteiger partial charge is 0.478 e. The minimum absolute atomic E-state index is 0.268. The molecule has 0 aliphatic heterocycles. The van der Waals surface area contributed by atoms with Gasteiger partial charge >= 0.3 is 12.1 Å². The van der Waals surface area contributed by atoms with E-state index in [-0.39, 0.29) is 6.42 Å². The van der Waals surface area contributed by atoms with E-state index < -0.39 is 17.7 Å². The molecule has 0 atom stereocenters. The predicted molar refractivity (Wildman–Crippen MR) is 108 cm³/mol. The summed E-state index contributed by atoms with van der Waals surface area (Å²) in [5.41, 5.74) is 1.65. The number of ether oxygens (including phenoxy) is 1. The standard InChI is InChI=1S/C22H26N2O4/c1-22(2,3)28-21(27)24-19-13-12-17(15-23-19)14-18(20(25)26)11-7-10-16-8-5-4-6-9-16/h4-6,8-9,11-13,15H,7,10,14H2,1-3H3,(H,25,26)(H,23,24,27). The molecule has 28 heavy (non-hydrogen) atoms. The smallest absolute Gasteiger partial charge is 0.413 e. The Morgan fingerprint density at radius 1 is 1.11 bits per heavy atom. The van der Waals surface area contributed by atoms with Crippen LogP contribution in [0.2, 0.25) is 0 Å². The number of hydrogen-bond donors (Lipinski definition) is 2. The van der Waals surface area contributed by atoms with Crippen molar-refractivity contribution in [2.45, 2.75) is 45.6 Å². The SMILES string of the molecule is CC(C)(C)OC(=O)Nc1ccc(CC(=CCCc2ccccc2)C(=O)O)cn1. The van der Waals surface area contributed by atoms with Gasteiger partial charge in [-0.05, 0) is 50.8 Å². The molecule has 0 saturated carbocycles. The van der Waals surface area contributed by atoms with E-state index in [1.807, 2.05) is 30.3 Å². The van der Waals surface area contributed by atoms with Gasteiger partial charge in [0, 0.05) is 18.2 Å². The Bertz CT molecular complexity index is 822. The highest BCUT2D eigenvalue weighted by molar-refractivity contribution is 5.87. The summed E-state index contributed by atoms with van der Waals surface area (Å²) in [7, 11) is 0. The van der Waals surface area contributed by atoms with Gasteiger partial charge in [-0.3, -0.25) is 5.32 Å². The van der Waals surface area contributed by atoms with E-state index in [1.165, 1.54) is 5.56 Å². The van der Waals surface area contributed by atoms with Gasteiger partial charge in [0.25, 0.3) is 0 Å². The van der Waals surface area contributed by atoms with Crippen molar-refractivity contribution in [3.05, 3.63) is 71.4 Å². The molecule has 0 bridgehead atoms. The summed E-state index contributed by atoms with van der Waals surface area (Å²) >= 11 is 0. The third kappa shape index (κ3) is 7.61. The van der Waals surface area contributed by atoms with Crippen LogP contribution in [0, 0.1) is 0 Å². The molecule has 2 rings (SSSR count). The van der Waals surface area contributed by atoms with Crippen molar-refractivity contribution in [1.82, 2.24) is 4.98 Å². The quantitative estimate of drug-likeness (QED) is 0.683. The zero-order valence-electron chi connectivity index (χ0n) is 16.4. The molecule has 0 spiro atoms. The Labute approximate surface area is 165 Å². The fraction of sp³-hybridized carbons (Fsp3) is 0.318. The first-order valence-corrected chi connectivity index (χ1v) is 9.14. The molecule has 0 saturated heterocycles. The van der Waals surface area contributed by atoms with Crippen molar-refractivity contribution in [2.24, 2.45) is 0 Å². The van der Waals surface area contributed by atoms with Crippen molar-refractivity contribution < 1.29 is 19.4 Å². The average Bonchev–Trinajstić information content (AvgIpc) is 2.61. The van der Waals surface area contributed by atoms with Gasteiger partial charge < -0.3 is 9.84 Å². The van der Waals surface area contributed by atoms with Gasteiger partial charge in [0.05, 0.1) is 0 Å². The van der Waals surface area contributed by atoms with Crippen LogP contribution in [0.5, 0.6) is 0 Å². The number of carbonyl (C=O) groups is 2. The third-order valence-corrected chi connectivity index (χ3v) is 3.79. The number of carbonyl (C=O) groups excluding carboxylic acids is 1. The number of aromatic nitrogens is 1. The van der Waals surface area contributed by atoms with Crippen LogP contribution in [0.15, 0.2) is 60.3 Å². The summed E-state index contributed by atoms with van der Waals surface area (Å²) in [6.45, 7) is 5.34. The van der Waals surface area contributed by atoms with Crippen molar-refractivity contribution in [2.75, 3.05) is 5.32 Å². The van der Waals surface area contributed by atoms with Gasteiger partial charge in [-0.15, -0.1) is 0 Å². The second kappa shape index (κ2) is 9.69. The number of nitrogens with one attached hydrogen (secondary N) is 1. The number of aliphatic carboxylic acids is 1. The number of carboxylic acids is 1. The summed E-state index contributed by atoms with van der Waals surface area (Å²) in [6.07, 6.45) is 4.43. The lowest BCUT2D eigenvalue weighted by Crippen LogP contribution is -2.27. The molecular weight excluding hydrogens is 356 g/mol. The molecule has 0 unspecified atom stereocenters. The van der Waals surface area contributed by atoms with E-state index in [1.54, 1.807) is 45.2 Å². The van der Waals surface area contributed by atoms with E-state index in [0.717, 1.165) is 12.0 Å². The van der Waals surface area contributed by atoms with Gasteiger partial charge in [-0.1, -0.05) is 42.5 Å². The van der Waals surface area contributed by atoms with Crippen LogP contribution >= 0.6 is 0 Å². The maximum Gasteiger partial charge on any atom is 0.413 e. The number of rotatable bonds is 7. The molecular formula is C22H26N2O4. The fourth-order valence-electron chi connectivity index (χ4n) is 2.52. The zero-order valence-corrected chi connectivity index (χ0v) is 16.4. The molecule has 1 aromatic heterocycles. The van der Waals surface area contributed by atoms with Crippen LogP contribution in [0.3, 0.4) is 0 Å². The van der Waals surface area contributed by atoms with Gasteiger partial charge in [-0.2, -0.15) is 0 Å². The molecule has 0 aliphatic rings. The summed E-state index contributed by atoms with van der Waals surface area (Å²) in [4.78, 5) is 27.4. The highest BCUT2D eigenvalue weighted by Gasteiger charge is 2.16. The molecule has 0 aliphatic carbocycles. The van der Waals surface area contributed by atoms with Gasteiger partial charge in [0.15, 0.2) is 0 Å². The molecule has 2 aromatic rings. The third-order valence-electron chi connectivity index (χ3n) is 3.79. The molecule has 0 radical (unpaired) electrons. The Morgan fingerprint density at radius 3 is 2.39 bits per heavy atom. The normalized spacial score (nSPS) is 11.8. The second-order valence-corrected chi connectivity index (χ2v) is 7.41. The van der Waals surface area contributed by atoms with Crippen molar-refractivity contribution in [3.63, 3.8) is 0 Å². The summed E-state index contributed by atoms with van der Waals surface area (Å²) in [5, 5.41) is 12.0. The summed E-state index contributed by atoms with van der Waals surface area (Å²) in [5.74, 6) is -0.591. The minimum atomic E-state index is -0.941. The molecule has 2 N–H and O–H groups in total. The lowest BCUT2D eigenvalue weighted by molar-refractivity contribution is -0.132. The first-order valence-electron chi connectivity index (χ1n) is 9.14. The van der Waals surface area contributed by atoms with E-state index >= 15 is 0 Å². The molecule has 1 amide bonds. The van der Waals surface area contributed by atoms with Crippen LogP contribution in [0.25, 0.3) is 0 Å². The molecule has 148 valence electrons. The number of allylic oxidation sites excluding steroid dienone is 1. The lowest BCUT2D eigenvalue weighted by atomic mass is 10.0. The fourth-order valence-corrected chi connectivity index (χ4v) is 2.52. The van der Waals surface area contributed by atoms with E-state index in [2.05, 4.69) is 10.3 Å². The number of carboxylic acid groups (broad SMARTS) is 1. The van der Waals surface area contributed by atoms with E-state index in [4.69, 9.17) is 4.74 Å². The van der Waals surface area contributed by atoms with Crippen molar-refractivity contribution >= 4 is 17.9 Å². The number of hydrogen-bond acceptors (Lipinski definition) is 4. The average molecular weight is 382 g/mol. The second-order valence-electron chi connectivity index (χ2n) is 7.41. The number of anilines is 1. The van der Waals surface area contributed by atoms with Gasteiger partial charge in [-0.25, -0.2) is 14.6 Å². The van der Waals surface area contributed by atoms with E-state index in [9.17, 15) is 14.7 Å². The van der Waals surface area contributed by atoms with Crippen LogP contribution in [-0.2, 0) is 22.4 Å². The number of benzene rings is 1. The number of aryl methyl sites for hydroxylation is 1. The van der Waals surface area contributed by atoms with Crippen LogP contribution in [0.1, 0.15) is 38.3 Å². The Balaban J connectivity index is 1.94. The number of nitrogens with zero attached hydrogens (tertiary/aromatic N) is 1. The predicted octanol–water partition coefficient (Wildman–Crippen LogP) is 4.61. The lowest BCUT2D eigenvalue weighted by Gasteiger charge is -2.19. The summed E-state index contributed by atoms with van der Waals surface area (Å²) < 4.78 is 5.17. The van der Waals surface area contributed by atoms with Crippen molar-refractivity contribution in [1.29, 1.82) is 0 Å². The first-order chi connectivity index (χ1) is 13.2. The Morgan fingerprint density at radius 2 is 1.82 bits per heavy atom. The van der Waals surface area contributed by atoms with Crippen molar-refractivity contribution in [3.8, 4) is 0 Å². The molecule has 1 heterocycles. The first kappa shape index (κ1) is 21.2. The van der Waals surface area contributed by atoms with Crippen LogP contribution in [0.4, 0.5) is 10.6 Å². The Kier molecular flexibility index (Phi) is 7.32. The summed E-state index contributed by atoms with van der Waals surface area (Å²) in [6, 6.07) is 13.3. The molecule has 1 aromatic carbocycles. The maximum atomic E-state index is 11.8. The van der Waals surface area contributed by atoms with Gasteiger partial charge in [0.1, 0.15) is 11.4 Å². The van der Waals surface area contributed by atoms with Crippen LogP contribution < -0.4 is 5.32 Å². The molecule has 6 heteroatoms. The van der Waals surface area contributed by atoms with Crippen LogP contribution in [-0.4, -0.2) is 27.8 Å². The van der Waals surface area contributed by atoms with Gasteiger partial charge in [0.2, 0.25) is 0 Å². The Hall–Kier alpha value is -3.15. The maximum absolute atomic E-state index is 11.8. The molecule has 6 nitrogen and oxygen atoms in total. The highest BCUT2D eigenvalue weighted by Crippen LogP contribution is 2.14.